The highest BCUT2D eigenvalue weighted by atomic mass is 35.5. The zero-order chi connectivity index (χ0) is 26.5. The first-order valence-electron chi connectivity index (χ1n) is 12.4. The van der Waals surface area contributed by atoms with Crippen LogP contribution < -0.4 is 4.18 Å². The molecule has 0 aromatic heterocycles. The van der Waals surface area contributed by atoms with Gasteiger partial charge in [0, 0.05) is 58.4 Å². The molecule has 2 aliphatic carbocycles. The zero-order valence-electron chi connectivity index (χ0n) is 20.6. The summed E-state index contributed by atoms with van der Waals surface area (Å²) in [6, 6.07) is 9.25. The molecule has 0 spiro atoms. The van der Waals surface area contributed by atoms with E-state index in [0.29, 0.717) is 48.9 Å². The molecule has 1 heterocycles. The van der Waals surface area contributed by atoms with Crippen LogP contribution in [0.5, 0.6) is 5.75 Å². The summed E-state index contributed by atoms with van der Waals surface area (Å²) in [5.74, 6) is -1.03. The predicted molar refractivity (Wildman–Crippen MR) is 142 cm³/mol. The van der Waals surface area contributed by atoms with Gasteiger partial charge in [0.05, 0.1) is 5.02 Å². The van der Waals surface area contributed by atoms with Crippen molar-refractivity contribution in [2.45, 2.75) is 63.2 Å². The van der Waals surface area contributed by atoms with Crippen molar-refractivity contribution in [1.82, 2.24) is 4.90 Å². The van der Waals surface area contributed by atoms with Gasteiger partial charge in [0.1, 0.15) is 4.90 Å². The third-order valence-electron chi connectivity index (χ3n) is 7.25. The lowest BCUT2D eigenvalue weighted by Gasteiger charge is -2.43. The Morgan fingerprint density at radius 1 is 0.919 bits per heavy atom. The Balaban J connectivity index is 1.74. The Bertz CT molecular complexity index is 1430. The van der Waals surface area contributed by atoms with Crippen LogP contribution in [0.3, 0.4) is 0 Å². The molecule has 0 bridgehead atoms. The van der Waals surface area contributed by atoms with Crippen molar-refractivity contribution >= 4 is 44.9 Å². The van der Waals surface area contributed by atoms with Gasteiger partial charge in [-0.3, -0.25) is 9.59 Å². The smallest absolute Gasteiger partial charge is 0.339 e. The quantitative estimate of drug-likeness (QED) is 0.389. The Morgan fingerprint density at radius 3 is 2.03 bits per heavy atom. The van der Waals surface area contributed by atoms with E-state index < -0.39 is 16.0 Å². The highest BCUT2D eigenvalue weighted by Crippen LogP contribution is 2.52. The van der Waals surface area contributed by atoms with Crippen molar-refractivity contribution in [3.63, 3.8) is 0 Å². The molecule has 0 saturated carbocycles. The fraction of sp³-hybridized carbons (Fsp3) is 0.357. The summed E-state index contributed by atoms with van der Waals surface area (Å²) < 4.78 is 32.3. The number of carbonyl (C=O) groups excluding carboxylic acids is 2. The van der Waals surface area contributed by atoms with Crippen LogP contribution in [0.4, 0.5) is 0 Å². The van der Waals surface area contributed by atoms with Crippen LogP contribution in [-0.4, -0.2) is 31.4 Å². The number of carbonyl (C=O) groups is 2. The van der Waals surface area contributed by atoms with Gasteiger partial charge in [-0.25, -0.2) is 0 Å². The van der Waals surface area contributed by atoms with Crippen molar-refractivity contribution in [2.24, 2.45) is 0 Å². The molecule has 0 N–H and O–H groups in total. The van der Waals surface area contributed by atoms with Gasteiger partial charge in [0.15, 0.2) is 17.3 Å². The van der Waals surface area contributed by atoms with Crippen molar-refractivity contribution < 1.29 is 22.2 Å². The molecule has 6 nitrogen and oxygen atoms in total. The van der Waals surface area contributed by atoms with E-state index in [9.17, 15) is 18.0 Å². The van der Waals surface area contributed by atoms with E-state index in [4.69, 9.17) is 27.4 Å². The average Bonchev–Trinajstić information content (AvgIpc) is 2.85. The highest BCUT2D eigenvalue weighted by molar-refractivity contribution is 7.87. The SMILES string of the molecule is CCN1C2=C(C(=O)CCC2)C(c2cc(Cl)cc(Cl)c2OS(=O)(=O)c2ccc(C)cc2)C2=C1CCCC2=O. The van der Waals surface area contributed by atoms with Crippen LogP contribution in [0.1, 0.15) is 62.5 Å². The molecular formula is C28H27Cl2NO5S. The summed E-state index contributed by atoms with van der Waals surface area (Å²) >= 11 is 13.0. The summed E-state index contributed by atoms with van der Waals surface area (Å²) in [5.41, 5.74) is 4.02. The molecule has 0 fully saturated rings. The monoisotopic (exact) mass is 559 g/mol. The van der Waals surface area contributed by atoms with Gasteiger partial charge in [-0.1, -0.05) is 40.9 Å². The molecular weight excluding hydrogens is 533 g/mol. The van der Waals surface area contributed by atoms with Gasteiger partial charge in [-0.05, 0) is 63.8 Å². The molecule has 2 aromatic rings. The number of hydrogen-bond donors (Lipinski definition) is 0. The molecule has 194 valence electrons. The number of Topliss-reactive ketones (excluding diaryl/α,β-unsaturated/α-hetero) is 2. The fourth-order valence-corrected chi connectivity index (χ4v) is 7.22. The summed E-state index contributed by atoms with van der Waals surface area (Å²) in [6.07, 6.45) is 3.55. The fourth-order valence-electron chi connectivity index (χ4n) is 5.65. The molecule has 2 aromatic carbocycles. The second kappa shape index (κ2) is 9.93. The van der Waals surface area contributed by atoms with Crippen molar-refractivity contribution in [3.05, 3.63) is 80.1 Å². The van der Waals surface area contributed by atoms with Gasteiger partial charge in [-0.2, -0.15) is 8.42 Å². The molecule has 9 heteroatoms. The Morgan fingerprint density at radius 2 is 1.49 bits per heavy atom. The molecule has 0 atom stereocenters. The molecule has 0 unspecified atom stereocenters. The molecule has 0 saturated heterocycles. The molecule has 1 aliphatic heterocycles. The third-order valence-corrected chi connectivity index (χ3v) is 8.99. The minimum absolute atomic E-state index is 0.00748. The molecule has 37 heavy (non-hydrogen) atoms. The van der Waals surface area contributed by atoms with Crippen LogP contribution in [-0.2, 0) is 19.7 Å². The predicted octanol–water partition coefficient (Wildman–Crippen LogP) is 6.50. The van der Waals surface area contributed by atoms with Gasteiger partial charge >= 0.3 is 10.1 Å². The summed E-state index contributed by atoms with van der Waals surface area (Å²) in [6.45, 7) is 4.49. The average molecular weight is 560 g/mol. The van der Waals surface area contributed by atoms with E-state index in [2.05, 4.69) is 4.90 Å². The van der Waals surface area contributed by atoms with E-state index in [1.807, 2.05) is 13.8 Å². The number of benzene rings is 2. The van der Waals surface area contributed by atoms with Crippen molar-refractivity contribution in [3.8, 4) is 5.75 Å². The Labute approximate surface area is 227 Å². The molecule has 0 amide bonds. The number of nitrogens with zero attached hydrogens (tertiary/aromatic N) is 1. The molecule has 5 rings (SSSR count). The normalized spacial score (nSPS) is 18.8. The minimum Gasteiger partial charge on any atom is -0.377 e. The molecule has 0 radical (unpaired) electrons. The van der Waals surface area contributed by atoms with Gasteiger partial charge in [0.25, 0.3) is 0 Å². The lowest BCUT2D eigenvalue weighted by molar-refractivity contribution is -0.117. The first-order chi connectivity index (χ1) is 17.6. The summed E-state index contributed by atoms with van der Waals surface area (Å²) in [7, 11) is -4.27. The Hall–Kier alpha value is -2.61. The third kappa shape index (κ3) is 4.62. The maximum atomic E-state index is 13.4. The number of halogens is 2. The number of rotatable bonds is 5. The summed E-state index contributed by atoms with van der Waals surface area (Å²) in [5, 5.41) is 0.251. The summed E-state index contributed by atoms with van der Waals surface area (Å²) in [4.78, 5) is 28.9. The van der Waals surface area contributed by atoms with Crippen LogP contribution in [0.25, 0.3) is 0 Å². The van der Waals surface area contributed by atoms with Crippen molar-refractivity contribution in [1.29, 1.82) is 0 Å². The van der Waals surface area contributed by atoms with Gasteiger partial charge < -0.3 is 9.08 Å². The Kier molecular flexibility index (Phi) is 6.98. The second-order valence-electron chi connectivity index (χ2n) is 9.61. The largest absolute Gasteiger partial charge is 0.377 e. The van der Waals surface area contributed by atoms with Gasteiger partial charge in [0.2, 0.25) is 0 Å². The first kappa shape index (κ1) is 26.0. The molecule has 3 aliphatic rings. The van der Waals surface area contributed by atoms with Crippen LogP contribution in [0.2, 0.25) is 10.0 Å². The topological polar surface area (TPSA) is 80.8 Å². The lowest BCUT2D eigenvalue weighted by Crippen LogP contribution is -2.39. The van der Waals surface area contributed by atoms with Gasteiger partial charge in [-0.15, -0.1) is 0 Å². The standard InChI is InChI=1S/C28H27Cl2NO5S/c1-3-31-21-6-4-8-23(32)26(21)25(27-22(31)7-5-9-24(27)33)19-14-17(29)15-20(30)28(19)36-37(34,35)18-12-10-16(2)11-13-18/h10-15,25H,3-9H2,1-2H3. The number of aryl methyl sites for hydroxylation is 1. The van der Waals surface area contributed by atoms with E-state index in [1.54, 1.807) is 18.2 Å². The maximum Gasteiger partial charge on any atom is 0.339 e. The maximum absolute atomic E-state index is 13.4. The van der Waals surface area contributed by atoms with Crippen LogP contribution >= 0.6 is 23.2 Å². The van der Waals surface area contributed by atoms with E-state index in [1.165, 1.54) is 18.2 Å². The van der Waals surface area contributed by atoms with Crippen LogP contribution in [0.15, 0.2) is 63.8 Å². The van der Waals surface area contributed by atoms with E-state index in [-0.39, 0.29) is 32.3 Å². The highest BCUT2D eigenvalue weighted by Gasteiger charge is 2.44. The number of hydrogen-bond acceptors (Lipinski definition) is 6. The zero-order valence-corrected chi connectivity index (χ0v) is 23.0. The first-order valence-corrected chi connectivity index (χ1v) is 14.6. The lowest BCUT2D eigenvalue weighted by atomic mass is 9.70. The number of allylic oxidation sites excluding steroid dienone is 4. The van der Waals surface area contributed by atoms with E-state index in [0.717, 1.165) is 29.8 Å². The second-order valence-corrected chi connectivity index (χ2v) is 12.0. The van der Waals surface area contributed by atoms with E-state index >= 15 is 0 Å². The van der Waals surface area contributed by atoms with Crippen molar-refractivity contribution in [2.75, 3.05) is 6.54 Å². The number of ketones is 2. The van der Waals surface area contributed by atoms with Crippen LogP contribution in [0, 0.1) is 6.92 Å². The minimum atomic E-state index is -4.27.